The van der Waals surface area contributed by atoms with E-state index in [2.05, 4.69) is 80.4 Å². The first kappa shape index (κ1) is 11.1. The average Bonchev–Trinajstić information content (AvgIpc) is 2.24. The van der Waals surface area contributed by atoms with Crippen molar-refractivity contribution in [1.29, 1.82) is 0 Å². The van der Waals surface area contributed by atoms with Crippen LogP contribution in [-0.4, -0.2) is 9.52 Å². The van der Waals surface area contributed by atoms with Gasteiger partial charge < -0.3 is 0 Å². The van der Waals surface area contributed by atoms with E-state index in [1.54, 1.807) is 0 Å². The Balaban J connectivity index is 2.30. The van der Waals surface area contributed by atoms with Gasteiger partial charge in [0.15, 0.2) is 0 Å². The molecular weight excluding hydrogens is 332 g/mol. The zero-order valence-electron chi connectivity index (χ0n) is 8.08. The topological polar surface area (TPSA) is 0 Å². The van der Waals surface area contributed by atoms with E-state index < -0.39 is 0 Å². The van der Waals surface area contributed by atoms with Gasteiger partial charge in [0.05, 0.1) is 9.52 Å². The molecule has 2 aromatic carbocycles. The van der Waals surface area contributed by atoms with Gasteiger partial charge in [0, 0.05) is 8.95 Å². The highest BCUT2D eigenvalue weighted by Crippen LogP contribution is 2.07. The second-order valence-electron chi connectivity index (χ2n) is 3.36. The predicted molar refractivity (Wildman–Crippen MR) is 76.1 cm³/mol. The van der Waals surface area contributed by atoms with Crippen molar-refractivity contribution in [2.45, 2.75) is 0 Å². The third kappa shape index (κ3) is 2.80. The highest BCUT2D eigenvalue weighted by Gasteiger charge is 2.03. The molecule has 0 aliphatic rings. The monoisotopic (exact) mass is 340 g/mol. The molecule has 0 amide bonds. The van der Waals surface area contributed by atoms with Crippen LogP contribution in [0.5, 0.6) is 0 Å². The summed E-state index contributed by atoms with van der Waals surface area (Å²) in [6.07, 6.45) is 0. The van der Waals surface area contributed by atoms with E-state index in [4.69, 9.17) is 0 Å². The van der Waals surface area contributed by atoms with Crippen LogP contribution < -0.4 is 10.4 Å². The van der Waals surface area contributed by atoms with Gasteiger partial charge >= 0.3 is 0 Å². The van der Waals surface area contributed by atoms with Crippen molar-refractivity contribution in [1.82, 2.24) is 0 Å². The lowest BCUT2D eigenvalue weighted by Gasteiger charge is -2.05. The molecule has 15 heavy (non-hydrogen) atoms. The van der Waals surface area contributed by atoms with Crippen LogP contribution >= 0.6 is 31.9 Å². The molecule has 0 unspecified atom stereocenters. The molecule has 0 aliphatic heterocycles. The molecule has 0 aromatic heterocycles. The molecule has 0 radical (unpaired) electrons. The highest BCUT2D eigenvalue weighted by molar-refractivity contribution is 9.11. The molecule has 0 nitrogen and oxygen atoms in total. The molecule has 76 valence electrons. The smallest absolute Gasteiger partial charge is 0.0623 e. The van der Waals surface area contributed by atoms with Crippen LogP contribution in [-0.2, 0) is 0 Å². The summed E-state index contributed by atoms with van der Waals surface area (Å²) in [5, 5.41) is 2.90. The Labute approximate surface area is 109 Å². The largest absolute Gasteiger partial charge is 0.0904 e. The van der Waals surface area contributed by atoms with Crippen molar-refractivity contribution in [2.75, 3.05) is 0 Å². The number of halogens is 2. The molecule has 0 heterocycles. The van der Waals surface area contributed by atoms with Crippen LogP contribution in [0.4, 0.5) is 0 Å². The quantitative estimate of drug-likeness (QED) is 0.735. The summed E-state index contributed by atoms with van der Waals surface area (Å²) in [5.74, 6) is 0. The third-order valence-corrected chi connectivity index (χ3v) is 6.87. The summed E-state index contributed by atoms with van der Waals surface area (Å²) in [6, 6.07) is 16.9. The van der Waals surface area contributed by atoms with E-state index in [9.17, 15) is 0 Å². The van der Waals surface area contributed by atoms with E-state index in [-0.39, 0.29) is 9.52 Å². The van der Waals surface area contributed by atoms with E-state index in [0.29, 0.717) is 0 Å². The lowest BCUT2D eigenvalue weighted by molar-refractivity contribution is 1.69. The van der Waals surface area contributed by atoms with Crippen LogP contribution in [0, 0.1) is 0 Å². The van der Waals surface area contributed by atoms with Crippen molar-refractivity contribution in [3.8, 4) is 0 Å². The van der Waals surface area contributed by atoms with Crippen LogP contribution in [0.3, 0.4) is 0 Å². The fourth-order valence-electron chi connectivity index (χ4n) is 1.49. The Kier molecular flexibility index (Phi) is 3.78. The number of hydrogen-bond acceptors (Lipinski definition) is 0. The molecule has 0 spiro atoms. The lowest BCUT2D eigenvalue weighted by Crippen LogP contribution is -2.28. The Morgan fingerprint density at radius 3 is 1.47 bits per heavy atom. The number of hydrogen-bond donors (Lipinski definition) is 0. The van der Waals surface area contributed by atoms with Crippen LogP contribution in [0.2, 0.25) is 0 Å². The molecule has 0 saturated heterocycles. The summed E-state index contributed by atoms with van der Waals surface area (Å²) in [4.78, 5) is 0. The Morgan fingerprint density at radius 1 is 0.667 bits per heavy atom. The van der Waals surface area contributed by atoms with Gasteiger partial charge in [-0.2, -0.15) is 0 Å². The molecule has 0 saturated carbocycles. The first-order valence-corrected chi connectivity index (χ1v) is 7.74. The maximum absolute atomic E-state index is 3.60. The van der Waals surface area contributed by atoms with Crippen molar-refractivity contribution >= 4 is 51.8 Å². The SMILES string of the molecule is Brc1ccccc1[SiH2]c1ccccc1Br. The van der Waals surface area contributed by atoms with Crippen LogP contribution in [0.1, 0.15) is 0 Å². The molecule has 0 N–H and O–H groups in total. The molecule has 2 aromatic rings. The summed E-state index contributed by atoms with van der Waals surface area (Å²) in [7, 11) is -0.386. The second kappa shape index (κ2) is 5.10. The first-order valence-electron chi connectivity index (χ1n) is 4.74. The molecule has 2 rings (SSSR count). The number of rotatable bonds is 2. The molecular formula is C12H10Br2Si. The van der Waals surface area contributed by atoms with E-state index in [1.165, 1.54) is 19.3 Å². The van der Waals surface area contributed by atoms with Crippen molar-refractivity contribution in [2.24, 2.45) is 0 Å². The normalized spacial score (nSPS) is 10.3. The Morgan fingerprint density at radius 2 is 1.07 bits per heavy atom. The van der Waals surface area contributed by atoms with Crippen molar-refractivity contribution in [3.05, 3.63) is 57.5 Å². The maximum Gasteiger partial charge on any atom is 0.0904 e. The number of benzene rings is 2. The molecule has 0 fully saturated rings. The molecule has 0 bridgehead atoms. The maximum atomic E-state index is 3.60. The minimum atomic E-state index is -0.386. The van der Waals surface area contributed by atoms with Crippen LogP contribution in [0.25, 0.3) is 0 Å². The minimum absolute atomic E-state index is 0.386. The summed E-state index contributed by atoms with van der Waals surface area (Å²) < 4.78 is 2.46. The zero-order valence-corrected chi connectivity index (χ0v) is 12.7. The van der Waals surface area contributed by atoms with Gasteiger partial charge in [0.1, 0.15) is 0 Å². The van der Waals surface area contributed by atoms with E-state index in [0.717, 1.165) is 0 Å². The predicted octanol–water partition coefficient (Wildman–Crippen LogP) is 2.33. The van der Waals surface area contributed by atoms with Gasteiger partial charge in [-0.05, 0) is 22.5 Å². The minimum Gasteiger partial charge on any atom is -0.0623 e. The highest BCUT2D eigenvalue weighted by atomic mass is 79.9. The lowest BCUT2D eigenvalue weighted by atomic mass is 10.4. The summed E-state index contributed by atoms with van der Waals surface area (Å²) in [6.45, 7) is 0. The zero-order chi connectivity index (χ0) is 10.7. The van der Waals surface area contributed by atoms with Crippen molar-refractivity contribution in [3.63, 3.8) is 0 Å². The standard InChI is InChI=1S/C12H10Br2Si/c13-9-5-1-3-7-11(9)15-12-8-4-2-6-10(12)14/h1-8H,15H2. The van der Waals surface area contributed by atoms with Crippen LogP contribution in [0.15, 0.2) is 57.5 Å². The second-order valence-corrected chi connectivity index (χ2v) is 6.95. The molecule has 3 heteroatoms. The Bertz CT molecular complexity index is 425. The third-order valence-electron chi connectivity index (χ3n) is 2.30. The summed E-state index contributed by atoms with van der Waals surface area (Å²) in [5.41, 5.74) is 0. The average molecular weight is 342 g/mol. The summed E-state index contributed by atoms with van der Waals surface area (Å²) >= 11 is 7.20. The molecule has 0 atom stereocenters. The van der Waals surface area contributed by atoms with Gasteiger partial charge in [0.2, 0.25) is 0 Å². The van der Waals surface area contributed by atoms with Gasteiger partial charge in [-0.1, -0.05) is 68.3 Å². The van der Waals surface area contributed by atoms with E-state index in [1.807, 2.05) is 0 Å². The van der Waals surface area contributed by atoms with Gasteiger partial charge in [-0.25, -0.2) is 0 Å². The van der Waals surface area contributed by atoms with E-state index >= 15 is 0 Å². The first-order chi connectivity index (χ1) is 7.27. The fourth-order valence-corrected chi connectivity index (χ4v) is 4.39. The van der Waals surface area contributed by atoms with Gasteiger partial charge in [-0.3, -0.25) is 0 Å². The van der Waals surface area contributed by atoms with Gasteiger partial charge in [-0.15, -0.1) is 0 Å². The molecule has 0 aliphatic carbocycles. The fraction of sp³-hybridized carbons (Fsp3) is 0. The Hall–Kier alpha value is -0.383. The van der Waals surface area contributed by atoms with Crippen molar-refractivity contribution < 1.29 is 0 Å². The van der Waals surface area contributed by atoms with Gasteiger partial charge in [0.25, 0.3) is 0 Å².